The Morgan fingerprint density at radius 1 is 1.17 bits per heavy atom. The van der Waals surface area contributed by atoms with Crippen LogP contribution in [0.4, 0.5) is 5.95 Å². The van der Waals surface area contributed by atoms with E-state index in [0.717, 1.165) is 31.2 Å². The highest BCUT2D eigenvalue weighted by atomic mass is 32.2. The van der Waals surface area contributed by atoms with E-state index in [-0.39, 0.29) is 10.9 Å². The van der Waals surface area contributed by atoms with Gasteiger partial charge in [-0.3, -0.25) is 0 Å². The van der Waals surface area contributed by atoms with E-state index in [1.165, 1.54) is 0 Å². The number of benzene rings is 1. The van der Waals surface area contributed by atoms with Crippen LogP contribution in [0.1, 0.15) is 43.2 Å². The van der Waals surface area contributed by atoms with Gasteiger partial charge in [0.1, 0.15) is 0 Å². The lowest BCUT2D eigenvalue weighted by atomic mass is 10.1. The molecule has 29 heavy (non-hydrogen) atoms. The number of hydrogen-bond acceptors (Lipinski definition) is 7. The van der Waals surface area contributed by atoms with Crippen molar-refractivity contribution in [1.82, 2.24) is 19.6 Å². The number of nitrogens with one attached hydrogen (secondary N) is 1. The molecule has 1 aliphatic rings. The Balaban J connectivity index is 1.70. The zero-order valence-electron chi connectivity index (χ0n) is 16.0. The van der Waals surface area contributed by atoms with Crippen LogP contribution in [0.25, 0.3) is 5.65 Å². The Labute approximate surface area is 169 Å². The van der Waals surface area contributed by atoms with Crippen LogP contribution in [0.2, 0.25) is 0 Å². The fourth-order valence-corrected chi connectivity index (χ4v) is 4.31. The largest absolute Gasteiger partial charge is 0.351 e. The van der Waals surface area contributed by atoms with Crippen molar-refractivity contribution in [2.75, 3.05) is 5.32 Å². The molecule has 1 aromatic carbocycles. The van der Waals surface area contributed by atoms with Crippen LogP contribution in [-0.2, 0) is 22.0 Å². The molecular formula is C20H22N6O2S. The van der Waals surface area contributed by atoms with E-state index in [1.807, 2.05) is 18.2 Å². The summed E-state index contributed by atoms with van der Waals surface area (Å²) < 4.78 is 27.6. The minimum absolute atomic E-state index is 0.154. The minimum Gasteiger partial charge on any atom is -0.351 e. The number of anilines is 1. The van der Waals surface area contributed by atoms with Gasteiger partial charge in [0.2, 0.25) is 15.8 Å². The number of unbranched alkanes of at least 4 members (excludes halogenated alkanes) is 2. The molecular weight excluding hydrogens is 388 g/mol. The quantitative estimate of drug-likeness (QED) is 0.540. The van der Waals surface area contributed by atoms with E-state index >= 15 is 0 Å². The molecule has 0 atom stereocenters. The number of hydrogen-bond donors (Lipinski definition) is 1. The van der Waals surface area contributed by atoms with E-state index in [4.69, 9.17) is 5.26 Å². The van der Waals surface area contributed by atoms with Crippen LogP contribution in [0.5, 0.6) is 0 Å². The van der Waals surface area contributed by atoms with Gasteiger partial charge < -0.3 is 5.32 Å². The Kier molecular flexibility index (Phi) is 5.45. The first-order chi connectivity index (χ1) is 14.1. The molecule has 1 saturated carbocycles. The normalized spacial score (nSPS) is 14.0. The van der Waals surface area contributed by atoms with Crippen molar-refractivity contribution < 1.29 is 8.42 Å². The van der Waals surface area contributed by atoms with Crippen LogP contribution in [0.15, 0.2) is 41.7 Å². The first-order valence-electron chi connectivity index (χ1n) is 9.71. The third-order valence-electron chi connectivity index (χ3n) is 4.79. The van der Waals surface area contributed by atoms with Gasteiger partial charge >= 0.3 is 0 Å². The van der Waals surface area contributed by atoms with Gasteiger partial charge in [0.15, 0.2) is 5.65 Å². The molecule has 9 heteroatoms. The van der Waals surface area contributed by atoms with Crippen LogP contribution in [-0.4, -0.2) is 34.0 Å². The molecule has 4 rings (SSSR count). The first-order valence-corrected chi connectivity index (χ1v) is 11.4. The number of nitrogens with zero attached hydrogens (tertiary/aromatic N) is 5. The molecule has 150 valence electrons. The van der Waals surface area contributed by atoms with Gasteiger partial charge in [0, 0.05) is 18.0 Å². The summed E-state index contributed by atoms with van der Waals surface area (Å²) >= 11 is 0. The van der Waals surface area contributed by atoms with E-state index in [0.29, 0.717) is 36.0 Å². The Hall–Kier alpha value is -2.99. The average molecular weight is 411 g/mol. The molecule has 1 N–H and O–H groups in total. The molecule has 1 aliphatic carbocycles. The summed E-state index contributed by atoms with van der Waals surface area (Å²) in [6, 6.07) is 11.5. The molecule has 0 spiro atoms. The van der Waals surface area contributed by atoms with Crippen LogP contribution < -0.4 is 5.32 Å². The van der Waals surface area contributed by atoms with Gasteiger partial charge in [-0.1, -0.05) is 30.3 Å². The van der Waals surface area contributed by atoms with Gasteiger partial charge in [-0.05, 0) is 37.7 Å². The number of aromatic nitrogens is 4. The van der Waals surface area contributed by atoms with Crippen LogP contribution in [0, 0.1) is 11.3 Å². The van der Waals surface area contributed by atoms with Crippen LogP contribution in [0.3, 0.4) is 0 Å². The summed E-state index contributed by atoms with van der Waals surface area (Å²) in [4.78, 5) is 8.71. The lowest BCUT2D eigenvalue weighted by Crippen LogP contribution is -2.16. The predicted molar refractivity (Wildman–Crippen MR) is 108 cm³/mol. The number of fused-ring (bicyclic) bond motifs is 1. The highest BCUT2D eigenvalue weighted by Gasteiger charge is 2.27. The summed E-state index contributed by atoms with van der Waals surface area (Å²) in [6.45, 7) is 0. The van der Waals surface area contributed by atoms with Gasteiger partial charge in [0.25, 0.3) is 5.16 Å². The van der Waals surface area contributed by atoms with Gasteiger partial charge in [0.05, 0.1) is 18.0 Å². The third-order valence-corrected chi connectivity index (χ3v) is 6.25. The van der Waals surface area contributed by atoms with Crippen molar-refractivity contribution in [2.24, 2.45) is 0 Å². The van der Waals surface area contributed by atoms with Gasteiger partial charge in [-0.25, -0.2) is 8.42 Å². The fraction of sp³-hybridized carbons (Fsp3) is 0.400. The van der Waals surface area contributed by atoms with Crippen molar-refractivity contribution in [3.63, 3.8) is 0 Å². The SMILES string of the molecule is N#CCCCCc1cnn2c(NC3CC3)nc(S(=O)(=O)Cc3ccccc3)nc12. The molecule has 8 nitrogen and oxygen atoms in total. The molecule has 2 aromatic heterocycles. The summed E-state index contributed by atoms with van der Waals surface area (Å²) in [5.41, 5.74) is 2.06. The maximum absolute atomic E-state index is 13.0. The molecule has 2 heterocycles. The lowest BCUT2D eigenvalue weighted by Gasteiger charge is -2.10. The number of nitriles is 1. The number of rotatable bonds is 9. The number of sulfone groups is 1. The summed E-state index contributed by atoms with van der Waals surface area (Å²) in [6.07, 6.45) is 6.55. The molecule has 0 amide bonds. The summed E-state index contributed by atoms with van der Waals surface area (Å²) in [5.74, 6) is 0.255. The minimum atomic E-state index is -3.71. The predicted octanol–water partition coefficient (Wildman–Crippen LogP) is 2.91. The van der Waals surface area contributed by atoms with E-state index in [2.05, 4.69) is 26.5 Å². The second-order valence-corrected chi connectivity index (χ2v) is 9.15. The second-order valence-electron chi connectivity index (χ2n) is 7.26. The standard InChI is InChI=1S/C20H22N6O2S/c21-12-6-2-5-9-16-13-22-26-18(16)24-20(25-19(26)23-17-10-11-17)29(27,28)14-15-7-3-1-4-8-15/h1,3-4,7-8,13,17H,2,5-6,9-11,14H2,(H,23,24,25). The first kappa shape index (κ1) is 19.3. The van der Waals surface area contributed by atoms with E-state index < -0.39 is 9.84 Å². The van der Waals surface area contributed by atoms with Crippen LogP contribution >= 0.6 is 0 Å². The van der Waals surface area contributed by atoms with Crippen molar-refractivity contribution in [3.05, 3.63) is 47.7 Å². The third kappa shape index (κ3) is 4.54. The van der Waals surface area contributed by atoms with Crippen molar-refractivity contribution in [3.8, 4) is 6.07 Å². The zero-order valence-corrected chi connectivity index (χ0v) is 16.8. The Bertz CT molecular complexity index is 1150. The van der Waals surface area contributed by atoms with Gasteiger partial charge in [-0.15, -0.1) is 0 Å². The lowest BCUT2D eigenvalue weighted by molar-refractivity contribution is 0.585. The van der Waals surface area contributed by atoms with E-state index in [9.17, 15) is 8.42 Å². The molecule has 0 radical (unpaired) electrons. The maximum Gasteiger partial charge on any atom is 0.252 e. The highest BCUT2D eigenvalue weighted by molar-refractivity contribution is 7.90. The molecule has 1 fully saturated rings. The molecule has 0 bridgehead atoms. The van der Waals surface area contributed by atoms with Crippen molar-refractivity contribution >= 4 is 21.4 Å². The van der Waals surface area contributed by atoms with Gasteiger partial charge in [-0.2, -0.15) is 24.8 Å². The molecule has 0 saturated heterocycles. The summed E-state index contributed by atoms with van der Waals surface area (Å²) in [7, 11) is -3.71. The molecule has 0 aliphatic heterocycles. The zero-order chi connectivity index (χ0) is 20.3. The average Bonchev–Trinajstić information content (AvgIpc) is 3.43. The van der Waals surface area contributed by atoms with Crippen molar-refractivity contribution in [2.45, 2.75) is 55.5 Å². The smallest absolute Gasteiger partial charge is 0.252 e. The molecule has 3 aromatic rings. The van der Waals surface area contributed by atoms with E-state index in [1.54, 1.807) is 22.8 Å². The molecule has 0 unspecified atom stereocenters. The Morgan fingerprint density at radius 2 is 1.97 bits per heavy atom. The summed E-state index contributed by atoms with van der Waals surface area (Å²) in [5, 5.41) is 16.2. The fourth-order valence-electron chi connectivity index (χ4n) is 3.10. The second kappa shape index (κ2) is 8.17. The Morgan fingerprint density at radius 3 is 2.69 bits per heavy atom. The number of aryl methyl sites for hydroxylation is 1. The maximum atomic E-state index is 13.0. The van der Waals surface area contributed by atoms with Crippen molar-refractivity contribution in [1.29, 1.82) is 5.26 Å². The highest BCUT2D eigenvalue weighted by Crippen LogP contribution is 2.26. The topological polar surface area (TPSA) is 113 Å². The monoisotopic (exact) mass is 410 g/mol.